The number of thioether (sulfide) groups is 1. The van der Waals surface area contributed by atoms with E-state index >= 15 is 0 Å². The van der Waals surface area contributed by atoms with E-state index in [0.717, 1.165) is 5.69 Å². The molecule has 0 aliphatic heterocycles. The number of rotatable bonds is 3. The first-order valence-corrected chi connectivity index (χ1v) is 7.20. The Hall–Kier alpha value is -0.610. The zero-order chi connectivity index (χ0) is 13.1. The molecule has 0 aliphatic rings. The summed E-state index contributed by atoms with van der Waals surface area (Å²) < 4.78 is 0. The zero-order valence-corrected chi connectivity index (χ0v) is 12.6. The molecule has 0 fully saturated rings. The van der Waals surface area contributed by atoms with Gasteiger partial charge in [0.15, 0.2) is 5.16 Å². The number of hydrogen-bond acceptors (Lipinski definition) is 5. The average molecular weight is 319 g/mol. The Bertz CT molecular complexity index is 559. The predicted molar refractivity (Wildman–Crippen MR) is 79.6 cm³/mol. The zero-order valence-electron chi connectivity index (χ0n) is 9.10. The number of hydrogen-bond donors (Lipinski definition) is 1. The Morgan fingerprint density at radius 2 is 2.11 bits per heavy atom. The van der Waals surface area contributed by atoms with Gasteiger partial charge in [-0.25, -0.2) is 9.97 Å². The van der Waals surface area contributed by atoms with Gasteiger partial charge in [-0.3, -0.25) is 4.98 Å². The molecule has 94 valence electrons. The van der Waals surface area contributed by atoms with Crippen LogP contribution < -0.4 is 11.0 Å². The van der Waals surface area contributed by atoms with Crippen molar-refractivity contribution in [3.8, 4) is 0 Å². The molecule has 0 aliphatic carbocycles. The Balaban J connectivity index is 2.11. The smallest absolute Gasteiger partial charge is 0.191 e. The maximum Gasteiger partial charge on any atom is 0.191 e. The minimum atomic E-state index is 0.342. The van der Waals surface area contributed by atoms with Crippen LogP contribution in [0.3, 0.4) is 0 Å². The van der Waals surface area contributed by atoms with E-state index in [1.54, 1.807) is 18.3 Å². The first kappa shape index (κ1) is 13.8. The lowest BCUT2D eigenvalue weighted by Crippen LogP contribution is -2.09. The Kier molecular flexibility index (Phi) is 4.62. The monoisotopic (exact) mass is 318 g/mol. The lowest BCUT2D eigenvalue weighted by molar-refractivity contribution is 0.983. The minimum absolute atomic E-state index is 0.342. The van der Waals surface area contributed by atoms with Gasteiger partial charge >= 0.3 is 0 Å². The molecule has 0 saturated heterocycles. The normalized spacial score (nSPS) is 10.6. The van der Waals surface area contributed by atoms with Crippen molar-refractivity contribution in [2.75, 3.05) is 5.73 Å². The molecule has 2 aromatic heterocycles. The SMILES string of the molecule is Nc1nc(SCc2cc(Cl)ccn2)nc(Cl)c1P. The fourth-order valence-electron chi connectivity index (χ4n) is 1.17. The highest BCUT2D eigenvalue weighted by molar-refractivity contribution is 7.98. The van der Waals surface area contributed by atoms with Crippen molar-refractivity contribution < 1.29 is 0 Å². The maximum absolute atomic E-state index is 5.92. The van der Waals surface area contributed by atoms with E-state index in [9.17, 15) is 0 Å². The maximum atomic E-state index is 5.92. The van der Waals surface area contributed by atoms with Crippen LogP contribution in [0.25, 0.3) is 0 Å². The lowest BCUT2D eigenvalue weighted by Gasteiger charge is -2.05. The molecule has 0 amide bonds. The summed E-state index contributed by atoms with van der Waals surface area (Å²) in [6.07, 6.45) is 1.66. The van der Waals surface area contributed by atoms with E-state index in [2.05, 4.69) is 24.2 Å². The van der Waals surface area contributed by atoms with Crippen molar-refractivity contribution in [1.29, 1.82) is 0 Å². The van der Waals surface area contributed by atoms with E-state index in [1.807, 2.05) is 0 Å². The average Bonchev–Trinajstić information content (AvgIpc) is 2.33. The second-order valence-electron chi connectivity index (χ2n) is 3.35. The van der Waals surface area contributed by atoms with Crippen LogP contribution >= 0.6 is 44.2 Å². The molecular weight excluding hydrogens is 310 g/mol. The molecule has 18 heavy (non-hydrogen) atoms. The standard InChI is InChI=1S/C10H9Cl2N4PS/c11-5-1-2-14-6(3-5)4-18-10-15-8(12)7(17)9(13)16-10/h1-3H,4,17H2,(H2,13,15,16). The number of anilines is 1. The molecule has 0 bridgehead atoms. The molecule has 1 unspecified atom stereocenters. The molecule has 2 N–H and O–H groups in total. The van der Waals surface area contributed by atoms with Crippen LogP contribution in [0.5, 0.6) is 0 Å². The fourth-order valence-corrected chi connectivity index (χ4v) is 2.46. The van der Waals surface area contributed by atoms with Gasteiger partial charge in [0.05, 0.1) is 5.69 Å². The Morgan fingerprint density at radius 3 is 2.78 bits per heavy atom. The third-order valence-electron chi connectivity index (χ3n) is 2.04. The molecule has 0 spiro atoms. The third-order valence-corrected chi connectivity index (χ3v) is 4.19. The largest absolute Gasteiger partial charge is 0.383 e. The summed E-state index contributed by atoms with van der Waals surface area (Å²) in [6, 6.07) is 3.52. The van der Waals surface area contributed by atoms with Crippen LogP contribution in [0.1, 0.15) is 5.69 Å². The fraction of sp³-hybridized carbons (Fsp3) is 0.100. The van der Waals surface area contributed by atoms with Crippen molar-refractivity contribution in [3.05, 3.63) is 34.2 Å². The minimum Gasteiger partial charge on any atom is -0.383 e. The van der Waals surface area contributed by atoms with Crippen LogP contribution in [0.2, 0.25) is 10.2 Å². The number of nitrogens with zero attached hydrogens (tertiary/aromatic N) is 3. The quantitative estimate of drug-likeness (QED) is 0.408. The van der Waals surface area contributed by atoms with Crippen molar-refractivity contribution >= 4 is 55.3 Å². The molecule has 0 saturated carbocycles. The van der Waals surface area contributed by atoms with Crippen molar-refractivity contribution in [2.45, 2.75) is 10.9 Å². The van der Waals surface area contributed by atoms with Crippen LogP contribution in [0.15, 0.2) is 23.5 Å². The van der Waals surface area contributed by atoms with Crippen molar-refractivity contribution in [1.82, 2.24) is 15.0 Å². The summed E-state index contributed by atoms with van der Waals surface area (Å²) in [5, 5.41) is 2.13. The summed E-state index contributed by atoms with van der Waals surface area (Å²) in [5.74, 6) is 0.966. The first-order valence-electron chi connectivity index (χ1n) is 4.88. The molecule has 2 rings (SSSR count). The van der Waals surface area contributed by atoms with Gasteiger partial charge in [0, 0.05) is 22.3 Å². The van der Waals surface area contributed by atoms with Gasteiger partial charge in [-0.1, -0.05) is 44.2 Å². The van der Waals surface area contributed by atoms with E-state index < -0.39 is 0 Å². The summed E-state index contributed by atoms with van der Waals surface area (Å²) in [5.41, 5.74) is 6.56. The topological polar surface area (TPSA) is 64.7 Å². The van der Waals surface area contributed by atoms with Crippen LogP contribution in [0, 0.1) is 0 Å². The van der Waals surface area contributed by atoms with Gasteiger partial charge in [-0.15, -0.1) is 0 Å². The summed E-state index contributed by atoms with van der Waals surface area (Å²) in [4.78, 5) is 12.4. The Morgan fingerprint density at radius 1 is 1.33 bits per heavy atom. The van der Waals surface area contributed by atoms with E-state index in [-0.39, 0.29) is 0 Å². The summed E-state index contributed by atoms with van der Waals surface area (Å²) in [7, 11) is 2.41. The number of halogens is 2. The molecule has 4 nitrogen and oxygen atoms in total. The third kappa shape index (κ3) is 3.45. The second-order valence-corrected chi connectivity index (χ2v) is 5.66. The highest BCUT2D eigenvalue weighted by Gasteiger charge is 2.08. The number of pyridine rings is 1. The van der Waals surface area contributed by atoms with Gasteiger partial charge in [0.25, 0.3) is 0 Å². The number of nitrogens with two attached hydrogens (primary N) is 1. The van der Waals surface area contributed by atoms with Crippen LogP contribution in [-0.4, -0.2) is 15.0 Å². The highest BCUT2D eigenvalue weighted by Crippen LogP contribution is 2.22. The molecular formula is C10H9Cl2N4PS. The summed E-state index contributed by atoms with van der Waals surface area (Å²) in [6.45, 7) is 0. The Labute approximate surface area is 121 Å². The van der Waals surface area contributed by atoms with Crippen molar-refractivity contribution in [3.63, 3.8) is 0 Å². The lowest BCUT2D eigenvalue weighted by atomic mass is 10.4. The number of nitrogen functional groups attached to an aromatic ring is 1. The second kappa shape index (κ2) is 6.02. The predicted octanol–water partition coefficient (Wildman–Crippen LogP) is 2.55. The van der Waals surface area contributed by atoms with Gasteiger partial charge in [0.1, 0.15) is 11.0 Å². The molecule has 0 radical (unpaired) electrons. The van der Waals surface area contributed by atoms with Crippen LogP contribution in [-0.2, 0) is 5.75 Å². The van der Waals surface area contributed by atoms with E-state index in [1.165, 1.54) is 11.8 Å². The van der Waals surface area contributed by atoms with E-state index in [4.69, 9.17) is 28.9 Å². The van der Waals surface area contributed by atoms with Gasteiger partial charge < -0.3 is 5.73 Å². The first-order chi connectivity index (χ1) is 8.56. The molecule has 1 atom stereocenters. The molecule has 2 heterocycles. The van der Waals surface area contributed by atoms with Gasteiger partial charge in [0.2, 0.25) is 0 Å². The number of aromatic nitrogens is 3. The molecule has 8 heteroatoms. The van der Waals surface area contributed by atoms with Gasteiger partial charge in [-0.05, 0) is 12.1 Å². The highest BCUT2D eigenvalue weighted by atomic mass is 35.5. The van der Waals surface area contributed by atoms with Gasteiger partial charge in [-0.2, -0.15) is 0 Å². The molecule has 0 aromatic carbocycles. The van der Waals surface area contributed by atoms with Crippen LogP contribution in [0.4, 0.5) is 5.82 Å². The van der Waals surface area contributed by atoms with E-state index in [0.29, 0.717) is 32.2 Å². The van der Waals surface area contributed by atoms with Crippen molar-refractivity contribution in [2.24, 2.45) is 0 Å². The summed E-state index contributed by atoms with van der Waals surface area (Å²) >= 11 is 13.2. The molecule has 2 aromatic rings.